The van der Waals surface area contributed by atoms with Crippen LogP contribution in [-0.4, -0.2) is 43.5 Å². The minimum absolute atomic E-state index is 0.0215. The van der Waals surface area contributed by atoms with Crippen molar-refractivity contribution in [3.63, 3.8) is 0 Å². The highest BCUT2D eigenvalue weighted by Crippen LogP contribution is 2.17. The first-order chi connectivity index (χ1) is 13.6. The first kappa shape index (κ1) is 21.3. The second kappa shape index (κ2) is 11.0. The normalized spacial score (nSPS) is 10.2. The van der Waals surface area contributed by atoms with Gasteiger partial charge in [-0.3, -0.25) is 9.59 Å². The molecule has 0 fully saturated rings. The van der Waals surface area contributed by atoms with E-state index in [1.807, 2.05) is 35.2 Å². The number of benzene rings is 2. The van der Waals surface area contributed by atoms with Crippen LogP contribution in [0.1, 0.15) is 37.0 Å². The summed E-state index contributed by atoms with van der Waals surface area (Å²) in [4.78, 5) is 26.8. The third kappa shape index (κ3) is 6.30. The molecule has 6 nitrogen and oxygen atoms in total. The molecule has 2 rings (SSSR count). The third-order valence-electron chi connectivity index (χ3n) is 4.19. The Bertz CT molecular complexity index is 786. The summed E-state index contributed by atoms with van der Waals surface area (Å²) in [6, 6.07) is 14.5. The van der Waals surface area contributed by atoms with Gasteiger partial charge < -0.3 is 20.3 Å². The Morgan fingerprint density at radius 3 is 2.32 bits per heavy atom. The van der Waals surface area contributed by atoms with Crippen LogP contribution in [0.15, 0.2) is 48.5 Å². The van der Waals surface area contributed by atoms with Crippen LogP contribution < -0.4 is 15.4 Å². The molecule has 150 valence electrons. The summed E-state index contributed by atoms with van der Waals surface area (Å²) in [7, 11) is 1.58. The SMILES string of the molecule is CCCN(CCC)C(=O)c1cccc(NCC(=O)Nc2cccc(OC)c2)c1. The average Bonchev–Trinajstić information content (AvgIpc) is 2.72. The van der Waals surface area contributed by atoms with Gasteiger partial charge >= 0.3 is 0 Å². The van der Waals surface area contributed by atoms with Gasteiger partial charge in [0.15, 0.2) is 0 Å². The zero-order valence-corrected chi connectivity index (χ0v) is 16.8. The van der Waals surface area contributed by atoms with Crippen LogP contribution in [0.3, 0.4) is 0 Å². The van der Waals surface area contributed by atoms with E-state index in [1.165, 1.54) is 0 Å². The van der Waals surface area contributed by atoms with Crippen LogP contribution in [-0.2, 0) is 4.79 Å². The van der Waals surface area contributed by atoms with Gasteiger partial charge in [-0.25, -0.2) is 0 Å². The van der Waals surface area contributed by atoms with E-state index in [9.17, 15) is 9.59 Å². The van der Waals surface area contributed by atoms with Crippen molar-refractivity contribution < 1.29 is 14.3 Å². The molecule has 0 bridgehead atoms. The monoisotopic (exact) mass is 383 g/mol. The third-order valence-corrected chi connectivity index (χ3v) is 4.19. The number of nitrogens with one attached hydrogen (secondary N) is 2. The zero-order chi connectivity index (χ0) is 20.4. The molecule has 0 aliphatic heterocycles. The van der Waals surface area contributed by atoms with Crippen molar-refractivity contribution >= 4 is 23.2 Å². The van der Waals surface area contributed by atoms with Crippen molar-refractivity contribution in [1.29, 1.82) is 0 Å². The lowest BCUT2D eigenvalue weighted by Crippen LogP contribution is -2.32. The molecular formula is C22H29N3O3. The lowest BCUT2D eigenvalue weighted by atomic mass is 10.1. The number of carbonyl (C=O) groups is 2. The van der Waals surface area contributed by atoms with E-state index < -0.39 is 0 Å². The number of ether oxygens (including phenoxy) is 1. The lowest BCUT2D eigenvalue weighted by Gasteiger charge is -2.21. The van der Waals surface area contributed by atoms with E-state index in [4.69, 9.17) is 4.74 Å². The Morgan fingerprint density at radius 2 is 1.64 bits per heavy atom. The van der Waals surface area contributed by atoms with Crippen molar-refractivity contribution in [3.05, 3.63) is 54.1 Å². The fourth-order valence-corrected chi connectivity index (χ4v) is 2.89. The van der Waals surface area contributed by atoms with Crippen LogP contribution in [0.4, 0.5) is 11.4 Å². The molecule has 0 aliphatic rings. The highest BCUT2D eigenvalue weighted by atomic mass is 16.5. The highest BCUT2D eigenvalue weighted by molar-refractivity contribution is 5.96. The zero-order valence-electron chi connectivity index (χ0n) is 16.8. The quantitative estimate of drug-likeness (QED) is 0.650. The maximum absolute atomic E-state index is 12.7. The standard InChI is InChI=1S/C22H29N3O3/c1-4-12-25(13-5-2)22(27)17-8-6-9-18(14-17)23-16-21(26)24-19-10-7-11-20(15-19)28-3/h6-11,14-15,23H,4-5,12-13,16H2,1-3H3,(H,24,26). The Hall–Kier alpha value is -3.02. The van der Waals surface area contributed by atoms with E-state index in [0.29, 0.717) is 17.0 Å². The Kier molecular flexibility index (Phi) is 8.34. The van der Waals surface area contributed by atoms with E-state index in [0.717, 1.165) is 31.6 Å². The number of methoxy groups -OCH3 is 1. The highest BCUT2D eigenvalue weighted by Gasteiger charge is 2.14. The second-order valence-corrected chi connectivity index (χ2v) is 6.51. The lowest BCUT2D eigenvalue weighted by molar-refractivity contribution is -0.114. The van der Waals surface area contributed by atoms with Gasteiger partial charge in [-0.2, -0.15) is 0 Å². The smallest absolute Gasteiger partial charge is 0.253 e. The summed E-state index contributed by atoms with van der Waals surface area (Å²) in [5, 5.41) is 5.90. The molecule has 0 spiro atoms. The van der Waals surface area contributed by atoms with Gasteiger partial charge in [-0.15, -0.1) is 0 Å². The molecule has 2 aromatic rings. The first-order valence-corrected chi connectivity index (χ1v) is 9.64. The van der Waals surface area contributed by atoms with Crippen molar-refractivity contribution in [3.8, 4) is 5.75 Å². The molecule has 0 saturated carbocycles. The summed E-state index contributed by atoms with van der Waals surface area (Å²) < 4.78 is 5.15. The van der Waals surface area contributed by atoms with Gasteiger partial charge in [-0.1, -0.05) is 26.0 Å². The fourth-order valence-electron chi connectivity index (χ4n) is 2.89. The number of rotatable bonds is 10. The van der Waals surface area contributed by atoms with Crippen molar-refractivity contribution in [2.24, 2.45) is 0 Å². The molecule has 0 aromatic heterocycles. The summed E-state index contributed by atoms with van der Waals surface area (Å²) in [5.41, 5.74) is 2.03. The van der Waals surface area contributed by atoms with Crippen LogP contribution >= 0.6 is 0 Å². The molecular weight excluding hydrogens is 354 g/mol. The summed E-state index contributed by atoms with van der Waals surface area (Å²) in [6.45, 7) is 5.72. The molecule has 2 amide bonds. The Balaban J connectivity index is 1.96. The molecule has 0 atom stereocenters. The van der Waals surface area contributed by atoms with Crippen molar-refractivity contribution in [2.45, 2.75) is 26.7 Å². The Labute approximate surface area is 166 Å². The number of amides is 2. The molecule has 0 radical (unpaired) electrons. The number of hydrogen-bond donors (Lipinski definition) is 2. The van der Waals surface area contributed by atoms with Gasteiger partial charge in [-0.05, 0) is 43.2 Å². The molecule has 6 heteroatoms. The molecule has 0 unspecified atom stereocenters. The van der Waals surface area contributed by atoms with Gasteiger partial charge in [0.25, 0.3) is 5.91 Å². The maximum atomic E-state index is 12.7. The number of hydrogen-bond acceptors (Lipinski definition) is 4. The Morgan fingerprint density at radius 1 is 0.964 bits per heavy atom. The average molecular weight is 383 g/mol. The molecule has 0 heterocycles. The molecule has 0 saturated heterocycles. The van der Waals surface area contributed by atoms with E-state index >= 15 is 0 Å². The number of nitrogens with zero attached hydrogens (tertiary/aromatic N) is 1. The van der Waals surface area contributed by atoms with Crippen LogP contribution in [0, 0.1) is 0 Å². The van der Waals surface area contributed by atoms with Gasteiger partial charge in [0.2, 0.25) is 5.91 Å². The summed E-state index contributed by atoms with van der Waals surface area (Å²) in [5.74, 6) is 0.525. The molecule has 2 N–H and O–H groups in total. The number of carbonyl (C=O) groups excluding carboxylic acids is 2. The molecule has 0 aliphatic carbocycles. The van der Waals surface area contributed by atoms with Crippen molar-refractivity contribution in [2.75, 3.05) is 37.4 Å². The molecule has 2 aromatic carbocycles. The second-order valence-electron chi connectivity index (χ2n) is 6.51. The van der Waals surface area contributed by atoms with E-state index in [1.54, 1.807) is 25.3 Å². The van der Waals surface area contributed by atoms with Crippen LogP contribution in [0.25, 0.3) is 0 Å². The maximum Gasteiger partial charge on any atom is 0.253 e. The van der Waals surface area contributed by atoms with E-state index in [-0.39, 0.29) is 18.4 Å². The van der Waals surface area contributed by atoms with Crippen LogP contribution in [0.2, 0.25) is 0 Å². The summed E-state index contributed by atoms with van der Waals surface area (Å²) >= 11 is 0. The predicted octanol–water partition coefficient (Wildman–Crippen LogP) is 4.01. The largest absolute Gasteiger partial charge is 0.497 e. The van der Waals surface area contributed by atoms with Crippen LogP contribution in [0.5, 0.6) is 5.75 Å². The van der Waals surface area contributed by atoms with E-state index in [2.05, 4.69) is 24.5 Å². The minimum Gasteiger partial charge on any atom is -0.497 e. The predicted molar refractivity (Wildman–Crippen MR) is 113 cm³/mol. The first-order valence-electron chi connectivity index (χ1n) is 9.64. The topological polar surface area (TPSA) is 70.7 Å². The van der Waals surface area contributed by atoms with Gasteiger partial charge in [0.1, 0.15) is 5.75 Å². The minimum atomic E-state index is -0.177. The van der Waals surface area contributed by atoms with Gasteiger partial charge in [0, 0.05) is 36.1 Å². The van der Waals surface area contributed by atoms with Crippen molar-refractivity contribution in [1.82, 2.24) is 4.90 Å². The van der Waals surface area contributed by atoms with Gasteiger partial charge in [0.05, 0.1) is 13.7 Å². The summed E-state index contributed by atoms with van der Waals surface area (Å²) in [6.07, 6.45) is 1.85. The fraction of sp³-hybridized carbons (Fsp3) is 0.364. The number of anilines is 2. The molecule has 28 heavy (non-hydrogen) atoms.